The topological polar surface area (TPSA) is 83.0 Å². The van der Waals surface area contributed by atoms with Gasteiger partial charge in [0.1, 0.15) is 11.6 Å². The van der Waals surface area contributed by atoms with E-state index in [2.05, 4.69) is 28.8 Å². The molecule has 1 aromatic carbocycles. The van der Waals surface area contributed by atoms with E-state index >= 15 is 0 Å². The molecule has 0 saturated heterocycles. The molecule has 0 saturated carbocycles. The van der Waals surface area contributed by atoms with Crippen LogP contribution in [0.3, 0.4) is 0 Å². The first-order valence-corrected chi connectivity index (χ1v) is 9.30. The average molecular weight is 402 g/mol. The lowest BCUT2D eigenvalue weighted by Crippen LogP contribution is -2.17. The number of aryl methyl sites for hydroxylation is 1. The van der Waals surface area contributed by atoms with Crippen molar-refractivity contribution >= 4 is 17.7 Å². The minimum Gasteiger partial charge on any atom is -0.406 e. The normalized spacial score (nSPS) is 11.8. The van der Waals surface area contributed by atoms with E-state index in [1.165, 1.54) is 23.9 Å². The molecule has 6 nitrogen and oxygen atoms in total. The predicted molar refractivity (Wildman–Crippen MR) is 95.1 cm³/mol. The lowest BCUT2D eigenvalue weighted by Gasteiger charge is -2.12. The highest BCUT2D eigenvalue weighted by Crippen LogP contribution is 2.26. The summed E-state index contributed by atoms with van der Waals surface area (Å²) in [4.78, 5) is 11.0. The zero-order chi connectivity index (χ0) is 20.0. The number of ether oxygens (including phenoxy) is 1. The summed E-state index contributed by atoms with van der Waals surface area (Å²) in [6.45, 7) is 4.82. The fourth-order valence-corrected chi connectivity index (χ4v) is 3.25. The van der Waals surface area contributed by atoms with Crippen LogP contribution in [0.15, 0.2) is 29.4 Å². The molecule has 0 atom stereocenters. The number of nitrogens with zero attached hydrogens (tertiary/aromatic N) is 3. The van der Waals surface area contributed by atoms with E-state index in [9.17, 15) is 18.0 Å². The van der Waals surface area contributed by atoms with Gasteiger partial charge in [-0.15, -0.1) is 23.4 Å². The molecule has 0 unspecified atom stereocenters. The average Bonchev–Trinajstić information content (AvgIpc) is 2.92. The first-order chi connectivity index (χ1) is 12.6. The standard InChI is InChI=1S/C17H21F3N4O2S/c1-11(2)9-24-15(8-7-14(21)25)22-23-16(24)27-10-12-3-5-13(6-4-12)26-17(18,19)20/h3-6,11H,7-10H2,1-2H3,(H2,21,25). The van der Waals surface area contributed by atoms with Gasteiger partial charge in [-0.1, -0.05) is 37.7 Å². The van der Waals surface area contributed by atoms with Crippen LogP contribution in [-0.4, -0.2) is 27.0 Å². The largest absolute Gasteiger partial charge is 0.573 e. The van der Waals surface area contributed by atoms with Crippen molar-refractivity contribution in [2.75, 3.05) is 0 Å². The number of nitrogens with two attached hydrogens (primary N) is 1. The first kappa shape index (κ1) is 21.1. The molecule has 27 heavy (non-hydrogen) atoms. The van der Waals surface area contributed by atoms with Crippen molar-refractivity contribution in [1.82, 2.24) is 14.8 Å². The number of alkyl halides is 3. The molecule has 148 valence electrons. The maximum atomic E-state index is 12.2. The fraction of sp³-hybridized carbons (Fsp3) is 0.471. The third kappa shape index (κ3) is 7.12. The number of thioether (sulfide) groups is 1. The maximum absolute atomic E-state index is 12.2. The Balaban J connectivity index is 2.04. The zero-order valence-corrected chi connectivity index (χ0v) is 15.8. The number of primary amides is 1. The van der Waals surface area contributed by atoms with Crippen LogP contribution in [0.25, 0.3) is 0 Å². The summed E-state index contributed by atoms with van der Waals surface area (Å²) < 4.78 is 42.4. The highest BCUT2D eigenvalue weighted by atomic mass is 32.2. The van der Waals surface area contributed by atoms with Crippen molar-refractivity contribution in [1.29, 1.82) is 0 Å². The lowest BCUT2D eigenvalue weighted by molar-refractivity contribution is -0.274. The van der Waals surface area contributed by atoms with E-state index in [-0.39, 0.29) is 12.2 Å². The first-order valence-electron chi connectivity index (χ1n) is 8.32. The van der Waals surface area contributed by atoms with Crippen LogP contribution < -0.4 is 10.5 Å². The molecule has 0 aliphatic carbocycles. The fourth-order valence-electron chi connectivity index (χ4n) is 2.33. The van der Waals surface area contributed by atoms with Crippen LogP contribution in [0, 0.1) is 5.92 Å². The second kappa shape index (κ2) is 9.12. The molecule has 2 rings (SSSR count). The maximum Gasteiger partial charge on any atom is 0.573 e. The highest BCUT2D eigenvalue weighted by Gasteiger charge is 2.30. The van der Waals surface area contributed by atoms with E-state index < -0.39 is 12.3 Å². The van der Waals surface area contributed by atoms with Gasteiger partial charge in [0.25, 0.3) is 0 Å². The molecule has 0 radical (unpaired) electrons. The lowest BCUT2D eigenvalue weighted by atomic mass is 10.2. The van der Waals surface area contributed by atoms with Gasteiger partial charge in [-0.25, -0.2) is 0 Å². The number of carbonyl (C=O) groups is 1. The van der Waals surface area contributed by atoms with Gasteiger partial charge in [-0.05, 0) is 23.6 Å². The van der Waals surface area contributed by atoms with Crippen molar-refractivity contribution in [3.63, 3.8) is 0 Å². The number of benzene rings is 1. The predicted octanol–water partition coefficient (Wildman–Crippen LogP) is 3.54. The third-order valence-corrected chi connectivity index (χ3v) is 4.50. The highest BCUT2D eigenvalue weighted by molar-refractivity contribution is 7.98. The van der Waals surface area contributed by atoms with Crippen molar-refractivity contribution in [3.05, 3.63) is 35.7 Å². The summed E-state index contributed by atoms with van der Waals surface area (Å²) in [5.41, 5.74) is 6.03. The van der Waals surface area contributed by atoms with Gasteiger partial charge >= 0.3 is 6.36 Å². The number of rotatable bonds is 9. The second-order valence-electron chi connectivity index (χ2n) is 6.35. The summed E-state index contributed by atoms with van der Waals surface area (Å²) in [6.07, 6.45) is -4.09. The van der Waals surface area contributed by atoms with Gasteiger partial charge in [0, 0.05) is 25.1 Å². The van der Waals surface area contributed by atoms with Crippen molar-refractivity contribution in [3.8, 4) is 5.75 Å². The smallest absolute Gasteiger partial charge is 0.406 e. The molecule has 1 aromatic heterocycles. The van der Waals surface area contributed by atoms with Crippen LogP contribution in [0.2, 0.25) is 0 Å². The molecule has 2 aromatic rings. The number of hydrogen-bond donors (Lipinski definition) is 1. The Morgan fingerprint density at radius 1 is 1.26 bits per heavy atom. The summed E-state index contributed by atoms with van der Waals surface area (Å²) in [5, 5.41) is 9.02. The number of halogens is 3. The number of aromatic nitrogens is 3. The summed E-state index contributed by atoms with van der Waals surface area (Å²) >= 11 is 1.43. The number of carbonyl (C=O) groups excluding carboxylic acids is 1. The molecule has 10 heteroatoms. The Morgan fingerprint density at radius 2 is 1.93 bits per heavy atom. The molecule has 1 amide bonds. The van der Waals surface area contributed by atoms with E-state index in [0.29, 0.717) is 35.6 Å². The van der Waals surface area contributed by atoms with Crippen LogP contribution >= 0.6 is 11.8 Å². The number of amides is 1. The SMILES string of the molecule is CC(C)Cn1c(CCC(N)=O)nnc1SCc1ccc(OC(F)(F)F)cc1. The van der Waals surface area contributed by atoms with Crippen LogP contribution in [0.1, 0.15) is 31.7 Å². The van der Waals surface area contributed by atoms with Crippen LogP contribution in [0.5, 0.6) is 5.75 Å². The van der Waals surface area contributed by atoms with E-state index in [0.717, 1.165) is 5.56 Å². The summed E-state index contributed by atoms with van der Waals surface area (Å²) in [7, 11) is 0. The number of hydrogen-bond acceptors (Lipinski definition) is 5. The van der Waals surface area contributed by atoms with Gasteiger partial charge in [0.2, 0.25) is 5.91 Å². The van der Waals surface area contributed by atoms with Gasteiger partial charge in [-0.2, -0.15) is 0 Å². The van der Waals surface area contributed by atoms with Crippen LogP contribution in [0.4, 0.5) is 13.2 Å². The van der Waals surface area contributed by atoms with Gasteiger partial charge < -0.3 is 15.0 Å². The Kier molecular flexibility index (Phi) is 7.11. The molecule has 0 bridgehead atoms. The van der Waals surface area contributed by atoms with E-state index in [4.69, 9.17) is 5.73 Å². The Labute approximate surface area is 159 Å². The van der Waals surface area contributed by atoms with Crippen LogP contribution in [-0.2, 0) is 23.5 Å². The minimum absolute atomic E-state index is 0.196. The molecule has 2 N–H and O–H groups in total. The zero-order valence-electron chi connectivity index (χ0n) is 15.0. The molecule has 1 heterocycles. The molecule has 0 fully saturated rings. The van der Waals surface area contributed by atoms with Gasteiger partial charge in [-0.3, -0.25) is 4.79 Å². The monoisotopic (exact) mass is 402 g/mol. The molecular formula is C17H21F3N4O2S. The second-order valence-corrected chi connectivity index (χ2v) is 7.29. The Bertz CT molecular complexity index is 761. The minimum atomic E-state index is -4.70. The quantitative estimate of drug-likeness (QED) is 0.649. The van der Waals surface area contributed by atoms with Gasteiger partial charge in [0.15, 0.2) is 5.16 Å². The molecule has 0 aliphatic heterocycles. The molecular weight excluding hydrogens is 381 g/mol. The van der Waals surface area contributed by atoms with E-state index in [1.807, 2.05) is 4.57 Å². The Hall–Kier alpha value is -2.23. The summed E-state index contributed by atoms with van der Waals surface area (Å²) in [5.74, 6) is 0.904. The summed E-state index contributed by atoms with van der Waals surface area (Å²) in [6, 6.07) is 5.71. The van der Waals surface area contributed by atoms with E-state index in [1.54, 1.807) is 12.1 Å². The third-order valence-electron chi connectivity index (χ3n) is 3.46. The van der Waals surface area contributed by atoms with Crippen molar-refractivity contribution in [2.45, 2.75) is 50.5 Å². The van der Waals surface area contributed by atoms with Crippen molar-refractivity contribution in [2.24, 2.45) is 11.7 Å². The molecule has 0 spiro atoms. The Morgan fingerprint density at radius 3 is 2.48 bits per heavy atom. The molecule has 0 aliphatic rings. The van der Waals surface area contributed by atoms with Crippen molar-refractivity contribution < 1.29 is 22.7 Å². The van der Waals surface area contributed by atoms with Gasteiger partial charge in [0.05, 0.1) is 0 Å².